The molecule has 168 valence electrons. The van der Waals surface area contributed by atoms with Crippen molar-refractivity contribution in [3.63, 3.8) is 0 Å². The maximum Gasteiger partial charge on any atom is 0.416 e. The molecule has 0 aromatic heterocycles. The molecule has 2 N–H and O–H groups in total. The van der Waals surface area contributed by atoms with E-state index in [0.717, 1.165) is 12.1 Å². The highest BCUT2D eigenvalue weighted by Gasteiger charge is 2.30. The Balaban J connectivity index is 2.10. The lowest BCUT2D eigenvalue weighted by Gasteiger charge is -2.22. The summed E-state index contributed by atoms with van der Waals surface area (Å²) >= 11 is 0. The second-order valence-electron chi connectivity index (χ2n) is 7.21. The Labute approximate surface area is 178 Å². The largest absolute Gasteiger partial charge is 0.497 e. The van der Waals surface area contributed by atoms with Crippen LogP contribution in [0.2, 0.25) is 0 Å². The molecule has 0 aliphatic heterocycles. The fourth-order valence-corrected chi connectivity index (χ4v) is 2.85. The number of ether oxygens (including phenoxy) is 2. The van der Waals surface area contributed by atoms with Crippen LogP contribution in [0.5, 0.6) is 11.5 Å². The van der Waals surface area contributed by atoms with Crippen molar-refractivity contribution in [2.75, 3.05) is 14.2 Å². The van der Waals surface area contributed by atoms with Gasteiger partial charge in [-0.15, -0.1) is 0 Å². The number of amides is 2. The van der Waals surface area contributed by atoms with Gasteiger partial charge in [0, 0.05) is 18.2 Å². The van der Waals surface area contributed by atoms with E-state index in [9.17, 15) is 22.8 Å². The van der Waals surface area contributed by atoms with E-state index in [-0.39, 0.29) is 18.0 Å². The van der Waals surface area contributed by atoms with E-state index in [1.807, 2.05) is 0 Å². The fourth-order valence-electron chi connectivity index (χ4n) is 2.85. The van der Waals surface area contributed by atoms with E-state index in [0.29, 0.717) is 17.1 Å². The van der Waals surface area contributed by atoms with Crippen LogP contribution in [0, 0.1) is 5.92 Å². The summed E-state index contributed by atoms with van der Waals surface area (Å²) in [6.45, 7) is 3.40. The van der Waals surface area contributed by atoms with Crippen molar-refractivity contribution in [2.24, 2.45) is 5.92 Å². The normalized spacial score (nSPS) is 12.3. The third kappa shape index (κ3) is 6.63. The van der Waals surface area contributed by atoms with Gasteiger partial charge in [0.15, 0.2) is 0 Å². The van der Waals surface area contributed by atoms with Crippen molar-refractivity contribution in [3.05, 3.63) is 59.2 Å². The Morgan fingerprint density at radius 1 is 1.00 bits per heavy atom. The molecule has 0 aliphatic carbocycles. The third-order valence-electron chi connectivity index (χ3n) is 4.57. The quantitative estimate of drug-likeness (QED) is 0.658. The molecule has 0 fully saturated rings. The van der Waals surface area contributed by atoms with Crippen molar-refractivity contribution in [3.8, 4) is 11.5 Å². The summed E-state index contributed by atoms with van der Waals surface area (Å²) in [6, 6.07) is 8.44. The minimum Gasteiger partial charge on any atom is -0.497 e. The minimum absolute atomic E-state index is 0.102. The van der Waals surface area contributed by atoms with Gasteiger partial charge in [0.2, 0.25) is 5.91 Å². The Kier molecular flexibility index (Phi) is 7.90. The van der Waals surface area contributed by atoms with Crippen LogP contribution < -0.4 is 20.1 Å². The summed E-state index contributed by atoms with van der Waals surface area (Å²) in [7, 11) is 2.91. The van der Waals surface area contributed by atoms with Crippen LogP contribution in [0.25, 0.3) is 0 Å². The number of alkyl halides is 3. The Morgan fingerprint density at radius 2 is 1.61 bits per heavy atom. The van der Waals surface area contributed by atoms with E-state index in [1.54, 1.807) is 19.9 Å². The van der Waals surface area contributed by atoms with Gasteiger partial charge in [-0.1, -0.05) is 26.0 Å². The van der Waals surface area contributed by atoms with Gasteiger partial charge >= 0.3 is 6.18 Å². The molecular weight excluding hydrogens is 413 g/mol. The Hall–Kier alpha value is -3.23. The van der Waals surface area contributed by atoms with Crippen molar-refractivity contribution >= 4 is 11.8 Å². The molecule has 0 bridgehead atoms. The van der Waals surface area contributed by atoms with E-state index >= 15 is 0 Å². The summed E-state index contributed by atoms with van der Waals surface area (Å²) in [5, 5.41) is 5.26. The molecule has 6 nitrogen and oxygen atoms in total. The number of hydrogen-bond donors (Lipinski definition) is 2. The molecule has 2 aromatic carbocycles. The predicted molar refractivity (Wildman–Crippen MR) is 109 cm³/mol. The number of methoxy groups -OCH3 is 2. The maximum absolute atomic E-state index is 12.9. The highest BCUT2D eigenvalue weighted by molar-refractivity contribution is 5.98. The second-order valence-corrected chi connectivity index (χ2v) is 7.21. The van der Waals surface area contributed by atoms with Gasteiger partial charge in [-0.25, -0.2) is 0 Å². The highest BCUT2D eigenvalue weighted by atomic mass is 19.4. The van der Waals surface area contributed by atoms with Crippen LogP contribution in [-0.2, 0) is 17.5 Å². The summed E-state index contributed by atoms with van der Waals surface area (Å²) in [6.07, 6.45) is -4.47. The molecule has 0 radical (unpaired) electrons. The van der Waals surface area contributed by atoms with E-state index in [4.69, 9.17) is 9.47 Å². The molecule has 0 unspecified atom stereocenters. The lowest BCUT2D eigenvalue weighted by atomic mass is 10.0. The first kappa shape index (κ1) is 24.0. The van der Waals surface area contributed by atoms with Gasteiger partial charge in [-0.3, -0.25) is 9.59 Å². The molecule has 0 aliphatic rings. The van der Waals surface area contributed by atoms with Crippen LogP contribution in [-0.4, -0.2) is 32.1 Å². The van der Waals surface area contributed by atoms with Gasteiger partial charge in [-0.2, -0.15) is 13.2 Å². The van der Waals surface area contributed by atoms with Gasteiger partial charge in [0.1, 0.15) is 17.5 Å². The van der Waals surface area contributed by atoms with Crippen LogP contribution >= 0.6 is 0 Å². The molecule has 2 amide bonds. The van der Waals surface area contributed by atoms with E-state index in [2.05, 4.69) is 10.6 Å². The number of hydrogen-bond acceptors (Lipinski definition) is 4. The van der Waals surface area contributed by atoms with Crippen molar-refractivity contribution in [2.45, 2.75) is 32.6 Å². The zero-order valence-electron chi connectivity index (χ0n) is 17.7. The monoisotopic (exact) mass is 438 g/mol. The molecule has 0 saturated carbocycles. The van der Waals surface area contributed by atoms with Crippen LogP contribution in [0.4, 0.5) is 13.2 Å². The number of rotatable bonds is 8. The Bertz CT molecular complexity index is 907. The lowest BCUT2D eigenvalue weighted by molar-refractivity contribution is -0.137. The molecule has 0 spiro atoms. The molecule has 2 aromatic rings. The van der Waals surface area contributed by atoms with Crippen LogP contribution in [0.1, 0.15) is 35.3 Å². The smallest absolute Gasteiger partial charge is 0.416 e. The SMILES string of the molecule is COc1cc(OC)cc(C(=O)N[C@H](C(=O)NCc2cccc(C(F)(F)F)c2)C(C)C)c1. The number of halogens is 3. The van der Waals surface area contributed by atoms with Crippen LogP contribution in [0.3, 0.4) is 0 Å². The summed E-state index contributed by atoms with van der Waals surface area (Å²) < 4.78 is 48.9. The summed E-state index contributed by atoms with van der Waals surface area (Å²) in [5.74, 6) is -0.446. The summed E-state index contributed by atoms with van der Waals surface area (Å²) in [4.78, 5) is 25.4. The molecule has 1 atom stereocenters. The molecule has 2 rings (SSSR count). The van der Waals surface area contributed by atoms with Crippen molar-refractivity contribution < 1.29 is 32.2 Å². The van der Waals surface area contributed by atoms with Crippen molar-refractivity contribution in [1.29, 1.82) is 0 Å². The Morgan fingerprint density at radius 3 is 2.13 bits per heavy atom. The number of nitrogens with one attached hydrogen (secondary N) is 2. The standard InChI is InChI=1S/C22H25F3N2O4/c1-13(2)19(27-20(28)15-9-17(30-3)11-18(10-15)31-4)21(29)26-12-14-6-5-7-16(8-14)22(23,24)25/h5-11,13,19H,12H2,1-4H3,(H,26,29)(H,27,28)/t19-/m0/s1. The molecular formula is C22H25F3N2O4. The molecule has 0 saturated heterocycles. The number of benzene rings is 2. The van der Waals surface area contributed by atoms with Gasteiger partial charge in [-0.05, 0) is 35.7 Å². The van der Waals surface area contributed by atoms with Gasteiger partial charge in [0.05, 0.1) is 19.8 Å². The van der Waals surface area contributed by atoms with Crippen LogP contribution in [0.15, 0.2) is 42.5 Å². The zero-order valence-corrected chi connectivity index (χ0v) is 17.7. The third-order valence-corrected chi connectivity index (χ3v) is 4.57. The molecule has 9 heteroatoms. The zero-order chi connectivity index (χ0) is 23.2. The number of carbonyl (C=O) groups is 2. The first-order chi connectivity index (χ1) is 14.5. The first-order valence-corrected chi connectivity index (χ1v) is 9.53. The average molecular weight is 438 g/mol. The molecule has 31 heavy (non-hydrogen) atoms. The van der Waals surface area contributed by atoms with E-state index < -0.39 is 29.6 Å². The van der Waals surface area contributed by atoms with Gasteiger partial charge in [0.25, 0.3) is 5.91 Å². The lowest BCUT2D eigenvalue weighted by Crippen LogP contribution is -2.49. The van der Waals surface area contributed by atoms with E-state index in [1.165, 1.54) is 38.5 Å². The highest BCUT2D eigenvalue weighted by Crippen LogP contribution is 2.29. The maximum atomic E-state index is 12.9. The van der Waals surface area contributed by atoms with Crippen molar-refractivity contribution in [1.82, 2.24) is 10.6 Å². The minimum atomic E-state index is -4.47. The average Bonchev–Trinajstić information content (AvgIpc) is 2.74. The first-order valence-electron chi connectivity index (χ1n) is 9.53. The topological polar surface area (TPSA) is 76.7 Å². The molecule has 0 heterocycles. The second kappa shape index (κ2) is 10.2. The fraction of sp³-hybridized carbons (Fsp3) is 0.364. The predicted octanol–water partition coefficient (Wildman–Crippen LogP) is 3.79. The summed E-state index contributed by atoms with van der Waals surface area (Å²) in [5.41, 5.74) is -0.248. The number of carbonyl (C=O) groups excluding carboxylic acids is 2. The van der Waals surface area contributed by atoms with Gasteiger partial charge < -0.3 is 20.1 Å².